The number of likely N-dealkylation sites (N-methyl/N-ethyl adjacent to an activating group) is 1. The predicted molar refractivity (Wildman–Crippen MR) is 70.2 cm³/mol. The molecule has 0 amide bonds. The van der Waals surface area contributed by atoms with Gasteiger partial charge >= 0.3 is 0 Å². The van der Waals surface area contributed by atoms with E-state index in [-0.39, 0.29) is 5.70 Å². The van der Waals surface area contributed by atoms with Gasteiger partial charge in [0.25, 0.3) is 0 Å². The number of rotatable bonds is 2. The molecule has 0 aromatic heterocycles. The highest BCUT2D eigenvalue weighted by Gasteiger charge is 2.29. The summed E-state index contributed by atoms with van der Waals surface area (Å²) < 4.78 is 14.4. The zero-order chi connectivity index (χ0) is 13.3. The molecule has 0 spiro atoms. The van der Waals surface area contributed by atoms with Crippen molar-refractivity contribution in [2.75, 3.05) is 7.05 Å². The van der Waals surface area contributed by atoms with E-state index in [2.05, 4.69) is 5.43 Å². The Bertz CT molecular complexity index is 507. The molecule has 96 valence electrons. The molecule has 18 heavy (non-hydrogen) atoms. The highest BCUT2D eigenvalue weighted by molar-refractivity contribution is 5.69. The van der Waals surface area contributed by atoms with E-state index >= 15 is 0 Å². The van der Waals surface area contributed by atoms with Gasteiger partial charge in [0, 0.05) is 23.9 Å². The van der Waals surface area contributed by atoms with Crippen LogP contribution >= 0.6 is 0 Å². The van der Waals surface area contributed by atoms with E-state index in [1.807, 2.05) is 18.2 Å². The van der Waals surface area contributed by atoms with Gasteiger partial charge in [0.2, 0.25) is 0 Å². The van der Waals surface area contributed by atoms with Crippen LogP contribution in [-0.2, 0) is 0 Å². The summed E-state index contributed by atoms with van der Waals surface area (Å²) in [6, 6.07) is 9.02. The van der Waals surface area contributed by atoms with Crippen molar-refractivity contribution in [1.82, 2.24) is 10.4 Å². The highest BCUT2D eigenvalue weighted by atomic mass is 19.1. The lowest BCUT2D eigenvalue weighted by molar-refractivity contribution is 0.246. The number of benzene rings is 1. The van der Waals surface area contributed by atoms with Crippen LogP contribution < -0.4 is 16.9 Å². The van der Waals surface area contributed by atoms with Gasteiger partial charge in [-0.25, -0.2) is 9.40 Å². The van der Waals surface area contributed by atoms with Crippen LogP contribution in [0.4, 0.5) is 4.39 Å². The topological polar surface area (TPSA) is 67.3 Å². The van der Waals surface area contributed by atoms with Gasteiger partial charge in [-0.3, -0.25) is 0 Å². The summed E-state index contributed by atoms with van der Waals surface area (Å²) in [5.74, 6) is -0.469. The average Bonchev–Trinajstić information content (AvgIpc) is 2.63. The molecule has 1 aromatic rings. The van der Waals surface area contributed by atoms with Gasteiger partial charge in [0.05, 0.1) is 5.70 Å². The number of allylic oxidation sites excluding steroid dienone is 1. The monoisotopic (exact) mass is 248 g/mol. The summed E-state index contributed by atoms with van der Waals surface area (Å²) in [6.45, 7) is 1.77. The second kappa shape index (κ2) is 4.80. The minimum Gasteiger partial charge on any atom is -0.396 e. The first-order valence-corrected chi connectivity index (χ1v) is 5.69. The van der Waals surface area contributed by atoms with E-state index in [9.17, 15) is 4.39 Å². The number of nitrogens with two attached hydrogens (primary N) is 2. The Kier molecular flexibility index (Phi) is 3.36. The maximum Gasteiger partial charge on any atom is 0.154 e. The fourth-order valence-electron chi connectivity index (χ4n) is 1.99. The van der Waals surface area contributed by atoms with E-state index in [0.29, 0.717) is 16.8 Å². The molecule has 0 bridgehead atoms. The number of nitrogens with zero attached hydrogens (tertiary/aromatic N) is 1. The number of hydrogen-bond donors (Lipinski definition) is 3. The summed E-state index contributed by atoms with van der Waals surface area (Å²) in [5.41, 5.74) is 16.6. The lowest BCUT2D eigenvalue weighted by Gasteiger charge is -2.17. The van der Waals surface area contributed by atoms with Crippen molar-refractivity contribution in [3.05, 3.63) is 53.0 Å². The first-order chi connectivity index (χ1) is 8.52. The Labute approximate surface area is 106 Å². The molecule has 5 heteroatoms. The zero-order valence-corrected chi connectivity index (χ0v) is 10.4. The summed E-state index contributed by atoms with van der Waals surface area (Å²) >= 11 is 0. The first-order valence-electron chi connectivity index (χ1n) is 5.69. The summed E-state index contributed by atoms with van der Waals surface area (Å²) in [6.07, 6.45) is -0.535. The third-order valence-corrected chi connectivity index (χ3v) is 3.02. The average molecular weight is 248 g/mol. The Morgan fingerprint density at radius 3 is 2.44 bits per heavy atom. The Morgan fingerprint density at radius 2 is 1.94 bits per heavy atom. The molecule has 0 radical (unpaired) electrons. The lowest BCUT2D eigenvalue weighted by atomic mass is 10.1. The Balaban J connectivity index is 2.42. The fourth-order valence-corrected chi connectivity index (χ4v) is 1.99. The molecule has 4 nitrogen and oxygen atoms in total. The maximum absolute atomic E-state index is 14.4. The van der Waals surface area contributed by atoms with E-state index in [0.717, 1.165) is 0 Å². The molecular weight excluding hydrogens is 231 g/mol. The van der Waals surface area contributed by atoms with Gasteiger partial charge in [0.1, 0.15) is 6.17 Å². The lowest BCUT2D eigenvalue weighted by Crippen LogP contribution is -2.41. The highest BCUT2D eigenvalue weighted by Crippen LogP contribution is 2.28. The molecule has 1 aromatic carbocycles. The van der Waals surface area contributed by atoms with Crippen molar-refractivity contribution in [2.24, 2.45) is 11.5 Å². The van der Waals surface area contributed by atoms with Crippen LogP contribution in [0.2, 0.25) is 0 Å². The van der Waals surface area contributed by atoms with Gasteiger partial charge in [-0.2, -0.15) is 0 Å². The predicted octanol–water partition coefficient (Wildman–Crippen LogP) is 1.29. The van der Waals surface area contributed by atoms with E-state index in [1.165, 1.54) is 0 Å². The van der Waals surface area contributed by atoms with Gasteiger partial charge in [-0.05, 0) is 6.92 Å². The second-order valence-corrected chi connectivity index (χ2v) is 4.30. The van der Waals surface area contributed by atoms with Crippen LogP contribution in [0.1, 0.15) is 12.5 Å². The van der Waals surface area contributed by atoms with Crippen LogP contribution in [0.5, 0.6) is 0 Å². The number of nitrogens with one attached hydrogen (secondary N) is 1. The normalized spacial score (nSPS) is 21.9. The Morgan fingerprint density at radius 1 is 1.33 bits per heavy atom. The van der Waals surface area contributed by atoms with Crippen molar-refractivity contribution in [3.63, 3.8) is 0 Å². The molecule has 1 atom stereocenters. The van der Waals surface area contributed by atoms with Gasteiger partial charge < -0.3 is 16.9 Å². The van der Waals surface area contributed by atoms with Crippen LogP contribution in [-0.4, -0.2) is 18.2 Å². The number of halogens is 1. The van der Waals surface area contributed by atoms with Gasteiger partial charge in [-0.15, -0.1) is 0 Å². The molecule has 0 fully saturated rings. The minimum absolute atomic E-state index is 0.109. The van der Waals surface area contributed by atoms with Crippen molar-refractivity contribution in [3.8, 4) is 0 Å². The number of hydrogen-bond acceptors (Lipinski definition) is 4. The quantitative estimate of drug-likeness (QED) is 0.738. The van der Waals surface area contributed by atoms with E-state index in [1.54, 1.807) is 31.1 Å². The molecule has 0 saturated carbocycles. The fraction of sp³-hybridized carbons (Fsp3) is 0.231. The molecular formula is C13H17FN4. The Hall–Kier alpha value is -1.85. The van der Waals surface area contributed by atoms with E-state index < -0.39 is 12.0 Å². The summed E-state index contributed by atoms with van der Waals surface area (Å²) in [5, 5.41) is 1.64. The molecule has 1 heterocycles. The van der Waals surface area contributed by atoms with Crippen LogP contribution in [0.25, 0.3) is 5.70 Å². The largest absolute Gasteiger partial charge is 0.396 e. The first kappa shape index (κ1) is 12.6. The van der Waals surface area contributed by atoms with E-state index in [4.69, 9.17) is 11.5 Å². The number of hydrazine groups is 1. The molecule has 1 aliphatic rings. The van der Waals surface area contributed by atoms with Crippen LogP contribution in [0.15, 0.2) is 47.4 Å². The SMILES string of the molecule is CC1=C(/C(F)=C(\N)c2ccccc2)C(N)N(C)N1. The van der Waals surface area contributed by atoms with Crippen molar-refractivity contribution >= 4 is 5.70 Å². The van der Waals surface area contributed by atoms with Crippen LogP contribution in [0, 0.1) is 0 Å². The van der Waals surface area contributed by atoms with Crippen molar-refractivity contribution in [2.45, 2.75) is 13.1 Å². The molecule has 1 aliphatic heterocycles. The van der Waals surface area contributed by atoms with Gasteiger partial charge in [-0.1, -0.05) is 30.3 Å². The minimum atomic E-state index is -0.535. The zero-order valence-electron chi connectivity index (χ0n) is 10.4. The van der Waals surface area contributed by atoms with Gasteiger partial charge in [0.15, 0.2) is 5.83 Å². The molecule has 2 rings (SSSR count). The standard InChI is InChI=1S/C13H17FN4/c1-8-10(13(16)18(2)17-8)11(14)12(15)9-6-4-3-5-7-9/h3-7,13,17H,15-16H2,1-2H3/b12-11+. The van der Waals surface area contributed by atoms with Crippen LogP contribution in [0.3, 0.4) is 0 Å². The maximum atomic E-state index is 14.4. The smallest absolute Gasteiger partial charge is 0.154 e. The third-order valence-electron chi connectivity index (χ3n) is 3.02. The molecule has 1 unspecified atom stereocenters. The molecule has 5 N–H and O–H groups in total. The summed E-state index contributed by atoms with van der Waals surface area (Å²) in [4.78, 5) is 0. The molecule has 0 saturated heterocycles. The third kappa shape index (κ3) is 2.10. The molecule has 0 aliphatic carbocycles. The summed E-state index contributed by atoms with van der Waals surface area (Å²) in [7, 11) is 1.76. The van der Waals surface area contributed by atoms with Crippen molar-refractivity contribution < 1.29 is 4.39 Å². The van der Waals surface area contributed by atoms with Crippen molar-refractivity contribution in [1.29, 1.82) is 0 Å². The second-order valence-electron chi connectivity index (χ2n) is 4.30.